The maximum absolute atomic E-state index is 11.4. The molecule has 0 N–H and O–H groups in total. The van der Waals surface area contributed by atoms with Crippen LogP contribution in [-0.2, 0) is 0 Å². The predicted octanol–water partition coefficient (Wildman–Crippen LogP) is 4.03. The van der Waals surface area contributed by atoms with Crippen LogP contribution in [-0.4, -0.2) is 18.9 Å². The molecule has 4 heteroatoms. The first kappa shape index (κ1) is 15.7. The molecular formula is C15H19BrN2O. The summed E-state index contributed by atoms with van der Waals surface area (Å²) in [7, 11) is 0. The van der Waals surface area contributed by atoms with E-state index in [0.29, 0.717) is 24.4 Å². The van der Waals surface area contributed by atoms with Gasteiger partial charge in [-0.3, -0.25) is 4.79 Å². The van der Waals surface area contributed by atoms with E-state index < -0.39 is 0 Å². The summed E-state index contributed by atoms with van der Waals surface area (Å²) in [5.41, 5.74) is 1.73. The number of hydrogen-bond acceptors (Lipinski definition) is 3. The van der Waals surface area contributed by atoms with Crippen molar-refractivity contribution in [2.45, 2.75) is 27.2 Å². The van der Waals surface area contributed by atoms with E-state index in [-0.39, 0.29) is 5.78 Å². The lowest BCUT2D eigenvalue weighted by Crippen LogP contribution is -2.28. The summed E-state index contributed by atoms with van der Waals surface area (Å²) in [5.74, 6) is 0.567. The van der Waals surface area contributed by atoms with Crippen LogP contribution in [0.2, 0.25) is 0 Å². The van der Waals surface area contributed by atoms with E-state index in [0.717, 1.165) is 16.7 Å². The highest BCUT2D eigenvalue weighted by Gasteiger charge is 2.13. The molecule has 0 radical (unpaired) electrons. The van der Waals surface area contributed by atoms with Crippen LogP contribution in [0, 0.1) is 17.2 Å². The van der Waals surface area contributed by atoms with Crippen LogP contribution in [0.3, 0.4) is 0 Å². The van der Waals surface area contributed by atoms with Crippen LogP contribution in [0.25, 0.3) is 0 Å². The molecule has 1 aromatic rings. The minimum atomic E-state index is 0.0553. The first-order valence-corrected chi connectivity index (χ1v) is 7.17. The summed E-state index contributed by atoms with van der Waals surface area (Å²) >= 11 is 3.52. The second-order valence-corrected chi connectivity index (χ2v) is 5.82. The van der Waals surface area contributed by atoms with Crippen LogP contribution in [0.4, 0.5) is 5.69 Å². The molecule has 0 amide bonds. The van der Waals surface area contributed by atoms with Crippen LogP contribution in [0.15, 0.2) is 22.7 Å². The maximum atomic E-state index is 11.4. The number of nitrogens with zero attached hydrogens (tertiary/aromatic N) is 2. The lowest BCUT2D eigenvalue weighted by atomic mass is 10.1. The number of carbonyl (C=O) groups excluding carboxylic acids is 1. The Hall–Kier alpha value is -1.34. The highest BCUT2D eigenvalue weighted by Crippen LogP contribution is 2.28. The summed E-state index contributed by atoms with van der Waals surface area (Å²) in [6.45, 7) is 7.45. The van der Waals surface area contributed by atoms with Gasteiger partial charge in [0.15, 0.2) is 5.78 Å². The van der Waals surface area contributed by atoms with Gasteiger partial charge in [-0.2, -0.15) is 5.26 Å². The van der Waals surface area contributed by atoms with Gasteiger partial charge in [0.1, 0.15) is 0 Å². The van der Waals surface area contributed by atoms with Gasteiger partial charge in [0.25, 0.3) is 0 Å². The molecule has 19 heavy (non-hydrogen) atoms. The summed E-state index contributed by atoms with van der Waals surface area (Å²) in [6.07, 6.45) is 0.494. The van der Waals surface area contributed by atoms with Crippen LogP contribution in [0.5, 0.6) is 0 Å². The summed E-state index contributed by atoms with van der Waals surface area (Å²) in [6, 6.07) is 7.80. The highest BCUT2D eigenvalue weighted by molar-refractivity contribution is 9.10. The van der Waals surface area contributed by atoms with Gasteiger partial charge in [0, 0.05) is 23.1 Å². The Bertz CT molecular complexity index is 491. The van der Waals surface area contributed by atoms with Gasteiger partial charge in [0.2, 0.25) is 0 Å². The third-order valence-electron chi connectivity index (χ3n) is 2.77. The monoisotopic (exact) mass is 322 g/mol. The normalized spacial score (nSPS) is 10.3. The molecule has 0 saturated carbocycles. The van der Waals surface area contributed by atoms with Gasteiger partial charge in [0.05, 0.1) is 18.2 Å². The van der Waals surface area contributed by atoms with Crippen molar-refractivity contribution in [2.24, 2.45) is 5.92 Å². The van der Waals surface area contributed by atoms with Crippen molar-refractivity contribution in [2.75, 3.05) is 18.0 Å². The molecular weight excluding hydrogens is 304 g/mol. The van der Waals surface area contributed by atoms with E-state index in [1.807, 2.05) is 18.2 Å². The average molecular weight is 323 g/mol. The standard InChI is InChI=1S/C15H19BrN2O/c1-11(2)10-18(8-4-7-17)15-6-5-13(12(3)19)9-14(15)16/h5-6,9,11H,4,8,10H2,1-3H3. The van der Waals surface area contributed by atoms with Gasteiger partial charge < -0.3 is 4.90 Å². The molecule has 3 nitrogen and oxygen atoms in total. The number of halogens is 1. The minimum Gasteiger partial charge on any atom is -0.369 e. The molecule has 0 aliphatic carbocycles. The van der Waals surface area contributed by atoms with Crippen molar-refractivity contribution >= 4 is 27.4 Å². The lowest BCUT2D eigenvalue weighted by Gasteiger charge is -2.27. The third kappa shape index (κ3) is 4.68. The number of benzene rings is 1. The first-order valence-electron chi connectivity index (χ1n) is 6.38. The zero-order valence-electron chi connectivity index (χ0n) is 11.6. The topological polar surface area (TPSA) is 44.1 Å². The predicted molar refractivity (Wildman–Crippen MR) is 81.4 cm³/mol. The molecule has 0 aromatic heterocycles. The molecule has 0 unspecified atom stereocenters. The number of nitriles is 1. The van der Waals surface area contributed by atoms with Crippen LogP contribution >= 0.6 is 15.9 Å². The van der Waals surface area contributed by atoms with Crippen molar-refractivity contribution in [1.29, 1.82) is 5.26 Å². The number of rotatable bonds is 6. The Morgan fingerprint density at radius 3 is 2.63 bits per heavy atom. The Kier molecular flexibility index (Phi) is 6.04. The first-order chi connectivity index (χ1) is 8.95. The Balaban J connectivity index is 3.01. The van der Waals surface area contributed by atoms with E-state index in [4.69, 9.17) is 5.26 Å². The molecule has 102 valence electrons. The number of anilines is 1. The van der Waals surface area contributed by atoms with Crippen molar-refractivity contribution < 1.29 is 4.79 Å². The molecule has 0 spiro atoms. The number of ketones is 1. The summed E-state index contributed by atoms with van der Waals surface area (Å²) < 4.78 is 0.902. The average Bonchev–Trinajstić information content (AvgIpc) is 2.34. The van der Waals surface area contributed by atoms with Crippen molar-refractivity contribution in [1.82, 2.24) is 0 Å². The smallest absolute Gasteiger partial charge is 0.159 e. The largest absolute Gasteiger partial charge is 0.369 e. The number of Topliss-reactive ketones (excluding diaryl/α,β-unsaturated/α-hetero) is 1. The second-order valence-electron chi connectivity index (χ2n) is 4.97. The number of carbonyl (C=O) groups is 1. The number of hydrogen-bond donors (Lipinski definition) is 0. The van der Waals surface area contributed by atoms with E-state index in [9.17, 15) is 4.79 Å². The zero-order chi connectivity index (χ0) is 14.4. The van der Waals surface area contributed by atoms with Crippen molar-refractivity contribution in [3.63, 3.8) is 0 Å². The fourth-order valence-electron chi connectivity index (χ4n) is 1.92. The van der Waals surface area contributed by atoms with Crippen molar-refractivity contribution in [3.05, 3.63) is 28.2 Å². The Morgan fingerprint density at radius 1 is 1.47 bits per heavy atom. The quantitative estimate of drug-likeness (QED) is 0.743. The van der Waals surface area contributed by atoms with E-state index >= 15 is 0 Å². The third-order valence-corrected chi connectivity index (χ3v) is 3.41. The minimum absolute atomic E-state index is 0.0553. The van der Waals surface area contributed by atoms with Gasteiger partial charge in [-0.1, -0.05) is 13.8 Å². The zero-order valence-corrected chi connectivity index (χ0v) is 13.2. The molecule has 0 bridgehead atoms. The fraction of sp³-hybridized carbons (Fsp3) is 0.467. The molecule has 0 saturated heterocycles. The molecule has 0 heterocycles. The molecule has 1 rings (SSSR count). The maximum Gasteiger partial charge on any atom is 0.159 e. The Morgan fingerprint density at radius 2 is 2.16 bits per heavy atom. The molecule has 0 aliphatic rings. The van der Waals surface area contributed by atoms with Gasteiger partial charge in [-0.25, -0.2) is 0 Å². The van der Waals surface area contributed by atoms with E-state index in [1.165, 1.54) is 0 Å². The Labute approximate surface area is 123 Å². The van der Waals surface area contributed by atoms with Crippen molar-refractivity contribution in [3.8, 4) is 6.07 Å². The molecule has 0 atom stereocenters. The van der Waals surface area contributed by atoms with E-state index in [2.05, 4.69) is 40.7 Å². The molecule has 0 aliphatic heterocycles. The van der Waals surface area contributed by atoms with Gasteiger partial charge in [-0.15, -0.1) is 0 Å². The summed E-state index contributed by atoms with van der Waals surface area (Å²) in [5, 5.41) is 8.75. The highest BCUT2D eigenvalue weighted by atomic mass is 79.9. The molecule has 0 fully saturated rings. The van der Waals surface area contributed by atoms with Gasteiger partial charge in [-0.05, 0) is 47.0 Å². The second kappa shape index (κ2) is 7.30. The molecule has 1 aromatic carbocycles. The lowest BCUT2D eigenvalue weighted by molar-refractivity contribution is 0.101. The SMILES string of the molecule is CC(=O)c1ccc(N(CCC#N)CC(C)C)c(Br)c1. The van der Waals surface area contributed by atoms with Gasteiger partial charge >= 0.3 is 0 Å². The fourth-order valence-corrected chi connectivity index (χ4v) is 2.55. The summed E-state index contributed by atoms with van der Waals surface area (Å²) in [4.78, 5) is 13.5. The van der Waals surface area contributed by atoms with Crippen LogP contribution < -0.4 is 4.90 Å². The van der Waals surface area contributed by atoms with E-state index in [1.54, 1.807) is 6.92 Å². The van der Waals surface area contributed by atoms with Crippen LogP contribution in [0.1, 0.15) is 37.6 Å².